The number of rotatable bonds is 9. The Morgan fingerprint density at radius 3 is 2.54 bits per heavy atom. The molecule has 0 saturated heterocycles. The fourth-order valence-corrected chi connectivity index (χ4v) is 2.58. The maximum Gasteiger partial charge on any atom is 0.226 e. The first-order valence-electron chi connectivity index (χ1n) is 9.32. The van der Waals surface area contributed by atoms with E-state index in [9.17, 15) is 0 Å². The van der Waals surface area contributed by atoms with Gasteiger partial charge in [0.25, 0.3) is 0 Å². The molecule has 0 amide bonds. The van der Waals surface area contributed by atoms with Gasteiger partial charge in [-0.25, -0.2) is 0 Å². The number of guanidine groups is 1. The summed E-state index contributed by atoms with van der Waals surface area (Å²) in [4.78, 5) is 8.65. The second kappa shape index (κ2) is 9.94. The average Bonchev–Trinajstić information content (AvgIpc) is 3.27. The zero-order valence-corrected chi connectivity index (χ0v) is 16.4. The summed E-state index contributed by atoms with van der Waals surface area (Å²) in [5.74, 6) is 3.42. The Kier molecular flexibility index (Phi) is 7.62. The number of aryl methyl sites for hydroxylation is 3. The van der Waals surface area contributed by atoms with Crippen molar-refractivity contribution in [3.05, 3.63) is 28.7 Å². The Morgan fingerprint density at radius 2 is 1.92 bits per heavy atom. The van der Waals surface area contributed by atoms with Crippen molar-refractivity contribution in [1.82, 2.24) is 25.9 Å². The van der Waals surface area contributed by atoms with E-state index in [4.69, 9.17) is 9.05 Å². The summed E-state index contributed by atoms with van der Waals surface area (Å²) < 4.78 is 10.6. The lowest BCUT2D eigenvalue weighted by Crippen LogP contribution is -2.37. The molecule has 2 N–H and O–H groups in total. The maximum atomic E-state index is 5.39. The average molecular weight is 362 g/mol. The third-order valence-corrected chi connectivity index (χ3v) is 4.12. The van der Waals surface area contributed by atoms with Crippen molar-refractivity contribution in [1.29, 1.82) is 0 Å². The minimum Gasteiger partial charge on any atom is -0.361 e. The van der Waals surface area contributed by atoms with Gasteiger partial charge in [0.1, 0.15) is 5.76 Å². The van der Waals surface area contributed by atoms with Gasteiger partial charge in [-0.2, -0.15) is 4.98 Å². The van der Waals surface area contributed by atoms with E-state index in [0.717, 1.165) is 61.0 Å². The zero-order chi connectivity index (χ0) is 18.9. The van der Waals surface area contributed by atoms with Gasteiger partial charge in [-0.05, 0) is 12.8 Å². The molecule has 8 nitrogen and oxygen atoms in total. The van der Waals surface area contributed by atoms with Crippen LogP contribution in [0.5, 0.6) is 0 Å². The first kappa shape index (κ1) is 19.9. The molecule has 0 fully saturated rings. The molecule has 2 heterocycles. The molecule has 0 spiro atoms. The van der Waals surface area contributed by atoms with Gasteiger partial charge in [0.2, 0.25) is 5.89 Å². The van der Waals surface area contributed by atoms with Crippen LogP contribution < -0.4 is 10.6 Å². The molecule has 0 saturated carbocycles. The number of aromatic nitrogens is 3. The number of hydrogen-bond donors (Lipinski definition) is 2. The van der Waals surface area contributed by atoms with Crippen LogP contribution in [0.25, 0.3) is 0 Å². The molecule has 8 heteroatoms. The van der Waals surface area contributed by atoms with Gasteiger partial charge in [0.15, 0.2) is 11.8 Å². The van der Waals surface area contributed by atoms with E-state index in [1.165, 1.54) is 0 Å². The second-order valence-corrected chi connectivity index (χ2v) is 6.40. The molecule has 26 heavy (non-hydrogen) atoms. The Hall–Kier alpha value is -2.38. The summed E-state index contributed by atoms with van der Waals surface area (Å²) in [5, 5.41) is 14.7. The van der Waals surface area contributed by atoms with Gasteiger partial charge in [-0.1, -0.05) is 38.0 Å². The van der Waals surface area contributed by atoms with E-state index in [-0.39, 0.29) is 5.92 Å². The molecule has 0 aliphatic rings. The van der Waals surface area contributed by atoms with Gasteiger partial charge in [-0.15, -0.1) is 0 Å². The first-order chi connectivity index (χ1) is 12.6. The molecule has 2 rings (SSSR count). The molecule has 144 valence electrons. The van der Waals surface area contributed by atoms with E-state index in [0.29, 0.717) is 12.4 Å². The summed E-state index contributed by atoms with van der Waals surface area (Å²) in [6.45, 7) is 9.67. The van der Waals surface area contributed by atoms with Crippen LogP contribution in [0.1, 0.15) is 68.8 Å². The Balaban J connectivity index is 1.76. The Morgan fingerprint density at radius 1 is 1.12 bits per heavy atom. The highest BCUT2D eigenvalue weighted by molar-refractivity contribution is 5.79. The zero-order valence-electron chi connectivity index (χ0n) is 16.4. The van der Waals surface area contributed by atoms with Gasteiger partial charge < -0.3 is 19.7 Å². The lowest BCUT2D eigenvalue weighted by Gasteiger charge is -2.11. The summed E-state index contributed by atoms with van der Waals surface area (Å²) in [7, 11) is 1.76. The van der Waals surface area contributed by atoms with Crippen molar-refractivity contribution in [3.63, 3.8) is 0 Å². The minimum atomic E-state index is 0.284. The summed E-state index contributed by atoms with van der Waals surface area (Å²) in [5.41, 5.74) is 2.13. The summed E-state index contributed by atoms with van der Waals surface area (Å²) in [6, 6.07) is 0. The third-order valence-electron chi connectivity index (χ3n) is 4.12. The van der Waals surface area contributed by atoms with Crippen LogP contribution in [-0.4, -0.2) is 34.8 Å². The van der Waals surface area contributed by atoms with E-state index < -0.39 is 0 Å². The quantitative estimate of drug-likeness (QED) is 0.401. The lowest BCUT2D eigenvalue weighted by molar-refractivity contribution is 0.368. The van der Waals surface area contributed by atoms with Crippen molar-refractivity contribution in [2.24, 2.45) is 4.99 Å². The highest BCUT2D eigenvalue weighted by atomic mass is 16.5. The molecule has 0 aromatic carbocycles. The van der Waals surface area contributed by atoms with E-state index in [1.54, 1.807) is 7.05 Å². The van der Waals surface area contributed by atoms with Crippen LogP contribution in [0.4, 0.5) is 0 Å². The second-order valence-electron chi connectivity index (χ2n) is 6.40. The van der Waals surface area contributed by atoms with Crippen LogP contribution in [0.3, 0.4) is 0 Å². The number of aliphatic imine (C=N–C) groups is 1. The highest BCUT2D eigenvalue weighted by Gasteiger charge is 2.13. The highest BCUT2D eigenvalue weighted by Crippen LogP contribution is 2.15. The first-order valence-corrected chi connectivity index (χ1v) is 9.32. The van der Waals surface area contributed by atoms with Gasteiger partial charge >= 0.3 is 0 Å². The predicted octanol–water partition coefficient (Wildman–Crippen LogP) is 2.60. The minimum absolute atomic E-state index is 0.284. The monoisotopic (exact) mass is 362 g/mol. The van der Waals surface area contributed by atoms with Crippen LogP contribution in [-0.2, 0) is 25.8 Å². The number of nitrogens with zero attached hydrogens (tertiary/aromatic N) is 4. The molecule has 0 bridgehead atoms. The van der Waals surface area contributed by atoms with Crippen LogP contribution in [0, 0.1) is 0 Å². The van der Waals surface area contributed by atoms with E-state index >= 15 is 0 Å². The molecule has 0 unspecified atom stereocenters. The van der Waals surface area contributed by atoms with Crippen LogP contribution in [0.15, 0.2) is 14.0 Å². The standard InChI is InChI=1S/C18H30N6O2/c1-6-14-13(15(7-2)25-23-14)11-21-18(19-5)20-10-8-9-16-22-17(12(3)4)24-26-16/h12H,6-11H2,1-5H3,(H2,19,20,21). The lowest BCUT2D eigenvalue weighted by atomic mass is 10.1. The third kappa shape index (κ3) is 5.31. The predicted molar refractivity (Wildman–Crippen MR) is 100 cm³/mol. The van der Waals surface area contributed by atoms with Crippen molar-refractivity contribution < 1.29 is 9.05 Å². The van der Waals surface area contributed by atoms with Gasteiger partial charge in [-0.3, -0.25) is 4.99 Å². The topological polar surface area (TPSA) is 101 Å². The van der Waals surface area contributed by atoms with Crippen molar-refractivity contribution in [3.8, 4) is 0 Å². The van der Waals surface area contributed by atoms with Crippen LogP contribution >= 0.6 is 0 Å². The Labute approximate surface area is 154 Å². The van der Waals surface area contributed by atoms with Crippen LogP contribution in [0.2, 0.25) is 0 Å². The molecule has 0 atom stereocenters. The van der Waals surface area contributed by atoms with Gasteiger partial charge in [0.05, 0.1) is 5.69 Å². The molecule has 0 radical (unpaired) electrons. The number of nitrogens with one attached hydrogen (secondary N) is 2. The van der Waals surface area contributed by atoms with Crippen molar-refractivity contribution in [2.45, 2.75) is 65.8 Å². The fraction of sp³-hybridized carbons (Fsp3) is 0.667. The summed E-state index contributed by atoms with van der Waals surface area (Å²) >= 11 is 0. The summed E-state index contributed by atoms with van der Waals surface area (Å²) in [6.07, 6.45) is 3.32. The van der Waals surface area contributed by atoms with Gasteiger partial charge in [0, 0.05) is 44.5 Å². The molecular weight excluding hydrogens is 332 g/mol. The van der Waals surface area contributed by atoms with E-state index in [2.05, 4.69) is 58.6 Å². The Bertz CT molecular complexity index is 683. The maximum absolute atomic E-state index is 5.39. The number of hydrogen-bond acceptors (Lipinski definition) is 6. The molecule has 2 aromatic rings. The molecule has 0 aliphatic heterocycles. The molecule has 2 aromatic heterocycles. The largest absolute Gasteiger partial charge is 0.361 e. The fourth-order valence-electron chi connectivity index (χ4n) is 2.58. The molecule has 0 aliphatic carbocycles. The van der Waals surface area contributed by atoms with Crippen molar-refractivity contribution in [2.75, 3.05) is 13.6 Å². The SMILES string of the molecule is CCc1noc(CC)c1CNC(=NC)NCCCc1nc(C(C)C)no1. The van der Waals surface area contributed by atoms with E-state index in [1.807, 2.05) is 0 Å². The van der Waals surface area contributed by atoms with Crippen molar-refractivity contribution >= 4 is 5.96 Å². The smallest absolute Gasteiger partial charge is 0.226 e. The normalized spacial score (nSPS) is 12.0. The molecular formula is C18H30N6O2.